The van der Waals surface area contributed by atoms with Crippen molar-refractivity contribution < 1.29 is 24.9 Å². The van der Waals surface area contributed by atoms with E-state index in [1.165, 1.54) is 0 Å². The van der Waals surface area contributed by atoms with Gasteiger partial charge < -0.3 is 20.6 Å². The summed E-state index contributed by atoms with van der Waals surface area (Å²) in [6.45, 7) is 0.342. The molecular formula is C18H14ClNO5. The number of halogens is 1. The van der Waals surface area contributed by atoms with E-state index in [1.807, 2.05) is 0 Å². The molecule has 0 amide bonds. The number of hydrogen-bond donors (Lipinski definition) is 4. The average molecular weight is 360 g/mol. The van der Waals surface area contributed by atoms with Crippen LogP contribution in [0.25, 0.3) is 0 Å². The molecule has 4 N–H and O–H groups in total. The van der Waals surface area contributed by atoms with Crippen molar-refractivity contribution in [2.24, 2.45) is 0 Å². The van der Waals surface area contributed by atoms with Crippen molar-refractivity contribution in [1.29, 1.82) is 0 Å². The van der Waals surface area contributed by atoms with Crippen molar-refractivity contribution in [1.82, 2.24) is 0 Å². The Labute approximate surface area is 148 Å². The van der Waals surface area contributed by atoms with E-state index in [-0.39, 0.29) is 27.6 Å². The number of phenolic OH excluding ortho intramolecular Hbond substituents is 3. The van der Waals surface area contributed by atoms with Crippen LogP contribution in [0.2, 0.25) is 5.02 Å². The number of ketones is 2. The van der Waals surface area contributed by atoms with Crippen molar-refractivity contribution in [2.45, 2.75) is 6.42 Å². The highest BCUT2D eigenvalue weighted by molar-refractivity contribution is 6.37. The molecule has 3 rings (SSSR count). The zero-order valence-electron chi connectivity index (χ0n) is 12.9. The van der Waals surface area contributed by atoms with E-state index in [0.717, 1.165) is 17.7 Å². The number of aromatic hydroxyl groups is 3. The molecule has 1 aliphatic carbocycles. The van der Waals surface area contributed by atoms with Gasteiger partial charge in [0.05, 0.1) is 11.1 Å². The lowest BCUT2D eigenvalue weighted by Crippen LogP contribution is -2.14. The molecule has 0 saturated carbocycles. The third-order valence-electron chi connectivity index (χ3n) is 3.92. The van der Waals surface area contributed by atoms with Crippen LogP contribution in [0.1, 0.15) is 26.3 Å². The number of hydrogen-bond acceptors (Lipinski definition) is 6. The fourth-order valence-electron chi connectivity index (χ4n) is 2.65. The van der Waals surface area contributed by atoms with E-state index < -0.39 is 23.1 Å². The van der Waals surface area contributed by atoms with E-state index in [4.69, 9.17) is 11.6 Å². The fraction of sp³-hybridized carbons (Fsp3) is 0.111. The van der Waals surface area contributed by atoms with Gasteiger partial charge in [0, 0.05) is 6.54 Å². The number of nitrogens with one attached hydrogen (secondary N) is 1. The molecule has 0 radical (unpaired) electrons. The van der Waals surface area contributed by atoms with E-state index in [2.05, 4.69) is 5.32 Å². The van der Waals surface area contributed by atoms with Crippen LogP contribution in [0.5, 0.6) is 17.2 Å². The maximum Gasteiger partial charge on any atom is 0.190 e. The standard InChI is InChI=1S/C18H14ClNO5/c19-15-16(20-8-7-9-1-3-10(21)4-2-9)18(25)14-12(23)6-5-11(22)13(14)17(15)24/h1-6,20-21,24-25H,7-8H2. The van der Waals surface area contributed by atoms with Crippen molar-refractivity contribution in [2.75, 3.05) is 11.9 Å². The molecule has 0 aliphatic heterocycles. The second-order valence-corrected chi connectivity index (χ2v) is 5.92. The van der Waals surface area contributed by atoms with Gasteiger partial charge in [-0.2, -0.15) is 0 Å². The Morgan fingerprint density at radius 3 is 2.04 bits per heavy atom. The fourth-order valence-corrected chi connectivity index (χ4v) is 2.90. The lowest BCUT2D eigenvalue weighted by atomic mass is 9.92. The first-order valence-electron chi connectivity index (χ1n) is 7.46. The molecule has 7 heteroatoms. The number of rotatable bonds is 4. The summed E-state index contributed by atoms with van der Waals surface area (Å²) >= 11 is 6.06. The quantitative estimate of drug-likeness (QED) is 0.494. The van der Waals surface area contributed by atoms with E-state index in [9.17, 15) is 24.9 Å². The average Bonchev–Trinajstić information content (AvgIpc) is 2.59. The summed E-state index contributed by atoms with van der Waals surface area (Å²) in [5.74, 6) is -2.02. The molecule has 0 unspecified atom stereocenters. The minimum Gasteiger partial charge on any atom is -0.508 e. The molecule has 1 aliphatic rings. The number of allylic oxidation sites excluding steroid dienone is 2. The Hall–Kier alpha value is -2.99. The number of carbonyl (C=O) groups is 2. The Morgan fingerprint density at radius 2 is 1.44 bits per heavy atom. The summed E-state index contributed by atoms with van der Waals surface area (Å²) in [5, 5.41) is 32.4. The van der Waals surface area contributed by atoms with Crippen LogP contribution in [0.15, 0.2) is 36.4 Å². The second-order valence-electron chi connectivity index (χ2n) is 5.54. The van der Waals surface area contributed by atoms with Crippen LogP contribution in [-0.2, 0) is 6.42 Å². The minimum atomic E-state index is -0.597. The molecule has 25 heavy (non-hydrogen) atoms. The molecule has 0 aromatic heterocycles. The van der Waals surface area contributed by atoms with Crippen LogP contribution in [-0.4, -0.2) is 33.4 Å². The number of phenols is 3. The van der Waals surface area contributed by atoms with Crippen LogP contribution in [0.3, 0.4) is 0 Å². The summed E-state index contributed by atoms with van der Waals surface area (Å²) in [6, 6.07) is 6.60. The molecule has 0 bridgehead atoms. The molecule has 2 aromatic carbocycles. The number of benzene rings is 2. The summed E-state index contributed by atoms with van der Waals surface area (Å²) < 4.78 is 0. The molecule has 0 atom stereocenters. The Kier molecular flexibility index (Phi) is 4.37. The first-order valence-corrected chi connectivity index (χ1v) is 7.84. The SMILES string of the molecule is O=C1C=CC(=O)c2c(O)c(NCCc3ccc(O)cc3)c(Cl)c(O)c21. The normalized spacial score (nSPS) is 13.0. The molecule has 0 saturated heterocycles. The predicted molar refractivity (Wildman–Crippen MR) is 92.9 cm³/mol. The molecule has 0 fully saturated rings. The zero-order chi connectivity index (χ0) is 18.1. The third-order valence-corrected chi connectivity index (χ3v) is 4.29. The summed E-state index contributed by atoms with van der Waals surface area (Å²) in [4.78, 5) is 23.9. The highest BCUT2D eigenvalue weighted by Gasteiger charge is 2.31. The van der Waals surface area contributed by atoms with Crippen molar-refractivity contribution in [3.8, 4) is 17.2 Å². The number of anilines is 1. The summed E-state index contributed by atoms with van der Waals surface area (Å²) in [5.41, 5.74) is 0.367. The lowest BCUT2D eigenvalue weighted by Gasteiger charge is -2.19. The van der Waals surface area contributed by atoms with Gasteiger partial charge in [-0.3, -0.25) is 9.59 Å². The van der Waals surface area contributed by atoms with E-state index >= 15 is 0 Å². The molecule has 6 nitrogen and oxygen atoms in total. The van der Waals surface area contributed by atoms with E-state index in [0.29, 0.717) is 13.0 Å². The van der Waals surface area contributed by atoms with Crippen LogP contribution in [0.4, 0.5) is 5.69 Å². The van der Waals surface area contributed by atoms with Gasteiger partial charge in [0.2, 0.25) is 0 Å². The van der Waals surface area contributed by atoms with Gasteiger partial charge in [-0.05, 0) is 36.3 Å². The highest BCUT2D eigenvalue weighted by atomic mass is 35.5. The van der Waals surface area contributed by atoms with Gasteiger partial charge in [-0.25, -0.2) is 0 Å². The second kappa shape index (κ2) is 6.49. The first-order chi connectivity index (χ1) is 11.9. The summed E-state index contributed by atoms with van der Waals surface area (Å²) in [6.07, 6.45) is 2.61. The molecule has 2 aromatic rings. The Bertz CT molecular complexity index is 903. The van der Waals surface area contributed by atoms with Crippen LogP contribution in [0, 0.1) is 0 Å². The highest BCUT2D eigenvalue weighted by Crippen LogP contribution is 2.46. The molecule has 0 spiro atoms. The van der Waals surface area contributed by atoms with Gasteiger partial charge >= 0.3 is 0 Å². The smallest absolute Gasteiger partial charge is 0.190 e. The van der Waals surface area contributed by atoms with Crippen molar-refractivity contribution >= 4 is 28.9 Å². The molecular weight excluding hydrogens is 346 g/mol. The maximum absolute atomic E-state index is 12.0. The number of fused-ring (bicyclic) bond motifs is 1. The van der Waals surface area contributed by atoms with Gasteiger partial charge in [0.25, 0.3) is 0 Å². The van der Waals surface area contributed by atoms with Crippen molar-refractivity contribution in [3.63, 3.8) is 0 Å². The van der Waals surface area contributed by atoms with Crippen LogP contribution < -0.4 is 5.32 Å². The Morgan fingerprint density at radius 1 is 0.880 bits per heavy atom. The third kappa shape index (κ3) is 3.04. The molecule has 128 valence electrons. The largest absolute Gasteiger partial charge is 0.508 e. The summed E-state index contributed by atoms with van der Waals surface area (Å²) in [7, 11) is 0. The lowest BCUT2D eigenvalue weighted by molar-refractivity contribution is 0.0989. The minimum absolute atomic E-state index is 0.00635. The Balaban J connectivity index is 1.89. The van der Waals surface area contributed by atoms with Crippen LogP contribution >= 0.6 is 11.6 Å². The maximum atomic E-state index is 12.0. The van der Waals surface area contributed by atoms with Gasteiger partial charge in [0.15, 0.2) is 17.3 Å². The first kappa shape index (κ1) is 16.9. The van der Waals surface area contributed by atoms with Gasteiger partial charge in [-0.15, -0.1) is 0 Å². The predicted octanol–water partition coefficient (Wildman–Crippen LogP) is 3.05. The van der Waals surface area contributed by atoms with E-state index in [1.54, 1.807) is 24.3 Å². The zero-order valence-corrected chi connectivity index (χ0v) is 13.7. The van der Waals surface area contributed by atoms with Crippen molar-refractivity contribution in [3.05, 3.63) is 58.1 Å². The van der Waals surface area contributed by atoms with Gasteiger partial charge in [0.1, 0.15) is 22.2 Å². The van der Waals surface area contributed by atoms with Gasteiger partial charge in [-0.1, -0.05) is 23.7 Å². The molecule has 0 heterocycles. The monoisotopic (exact) mass is 359 g/mol. The number of carbonyl (C=O) groups excluding carboxylic acids is 2. The topological polar surface area (TPSA) is 107 Å².